The van der Waals surface area contributed by atoms with Gasteiger partial charge in [-0.25, -0.2) is 0 Å². The van der Waals surface area contributed by atoms with E-state index in [2.05, 4.69) is 22.4 Å². The smallest absolute Gasteiger partial charge is 0.269 e. The molecule has 0 heterocycles. The molecule has 0 aromatic heterocycles. The monoisotopic (exact) mass is 432 g/mol. The van der Waals surface area contributed by atoms with E-state index in [-0.39, 0.29) is 11.6 Å². The quantitative estimate of drug-likeness (QED) is 0.117. The topological polar surface area (TPSA) is 106 Å². The van der Waals surface area contributed by atoms with Gasteiger partial charge in [-0.3, -0.25) is 14.9 Å². The highest BCUT2D eigenvalue weighted by Gasteiger charge is 2.10. The fraction of sp³-hybridized carbons (Fsp3) is 0.333. The number of carbonyl (C=O) groups is 1. The number of rotatable bonds is 14. The number of thioether (sulfide) groups is 1. The zero-order chi connectivity index (χ0) is 22.2. The minimum Gasteiger partial charge on any atom is -0.395 e. The van der Waals surface area contributed by atoms with Crippen molar-refractivity contribution in [2.24, 2.45) is 5.16 Å². The number of amides is 1. The molecule has 1 rings (SSSR count). The molecule has 0 radical (unpaired) electrons. The first-order valence-corrected chi connectivity index (χ1v) is 10.4. The van der Waals surface area contributed by atoms with Crippen molar-refractivity contribution in [3.63, 3.8) is 0 Å². The second kappa shape index (κ2) is 15.0. The summed E-state index contributed by atoms with van der Waals surface area (Å²) in [7, 11) is 0. The zero-order valence-electron chi connectivity index (χ0n) is 17.3. The fourth-order valence-electron chi connectivity index (χ4n) is 2.17. The molecule has 162 valence electrons. The SMILES string of the molecule is C=C/C=C(\C=C/CNCCNC(=O)c1ccccc1SCCON=C(C)C)[N+](=O)[O-]. The van der Waals surface area contributed by atoms with E-state index in [1.165, 1.54) is 30.0 Å². The number of oxime groups is 1. The summed E-state index contributed by atoms with van der Waals surface area (Å²) in [5.41, 5.74) is 1.44. The molecule has 0 bridgehead atoms. The first-order chi connectivity index (χ1) is 14.5. The molecule has 0 saturated heterocycles. The Morgan fingerprint density at radius 1 is 1.33 bits per heavy atom. The predicted molar refractivity (Wildman–Crippen MR) is 122 cm³/mol. The highest BCUT2D eigenvalue weighted by molar-refractivity contribution is 7.99. The molecular formula is C21H28N4O4S. The molecule has 0 fully saturated rings. The van der Waals surface area contributed by atoms with Gasteiger partial charge in [0.05, 0.1) is 16.2 Å². The average molecular weight is 433 g/mol. The van der Waals surface area contributed by atoms with Crippen LogP contribution in [-0.2, 0) is 4.84 Å². The Labute approximate surface area is 181 Å². The van der Waals surface area contributed by atoms with Gasteiger partial charge in [-0.1, -0.05) is 36.0 Å². The highest BCUT2D eigenvalue weighted by Crippen LogP contribution is 2.22. The summed E-state index contributed by atoms with van der Waals surface area (Å²) >= 11 is 1.54. The molecule has 0 aliphatic rings. The first kappa shape index (κ1) is 25.1. The van der Waals surface area contributed by atoms with Crippen molar-refractivity contribution in [2.75, 3.05) is 32.0 Å². The van der Waals surface area contributed by atoms with Gasteiger partial charge in [0.25, 0.3) is 11.6 Å². The van der Waals surface area contributed by atoms with Gasteiger partial charge in [0, 0.05) is 42.4 Å². The first-order valence-electron chi connectivity index (χ1n) is 9.43. The molecule has 0 aliphatic heterocycles. The van der Waals surface area contributed by atoms with Crippen LogP contribution in [0.15, 0.2) is 70.9 Å². The largest absolute Gasteiger partial charge is 0.395 e. The molecular weight excluding hydrogens is 404 g/mol. The Hall–Kier alpha value is -2.91. The summed E-state index contributed by atoms with van der Waals surface area (Å²) in [5.74, 6) is 0.532. The molecule has 2 N–H and O–H groups in total. The molecule has 0 unspecified atom stereocenters. The Balaban J connectivity index is 2.38. The van der Waals surface area contributed by atoms with E-state index in [1.54, 1.807) is 12.1 Å². The Morgan fingerprint density at radius 2 is 2.10 bits per heavy atom. The van der Waals surface area contributed by atoms with Crippen LogP contribution in [0.5, 0.6) is 0 Å². The van der Waals surface area contributed by atoms with Crippen LogP contribution in [0.4, 0.5) is 0 Å². The summed E-state index contributed by atoms with van der Waals surface area (Å²) in [6, 6.07) is 7.41. The lowest BCUT2D eigenvalue weighted by Crippen LogP contribution is -2.32. The summed E-state index contributed by atoms with van der Waals surface area (Å²) in [4.78, 5) is 28.8. The third kappa shape index (κ3) is 10.6. The maximum atomic E-state index is 12.5. The zero-order valence-corrected chi connectivity index (χ0v) is 18.1. The maximum Gasteiger partial charge on any atom is 0.269 e. The van der Waals surface area contributed by atoms with Gasteiger partial charge in [-0.2, -0.15) is 0 Å². The summed E-state index contributed by atoms with van der Waals surface area (Å²) in [6.07, 6.45) is 5.76. The van der Waals surface area contributed by atoms with E-state index in [9.17, 15) is 14.9 Å². The van der Waals surface area contributed by atoms with E-state index in [0.29, 0.717) is 37.6 Å². The second-order valence-corrected chi connectivity index (χ2v) is 7.30. The molecule has 0 saturated carbocycles. The minimum atomic E-state index is -0.474. The van der Waals surface area contributed by atoms with Crippen molar-refractivity contribution in [3.8, 4) is 0 Å². The normalized spacial score (nSPS) is 11.2. The number of nitrogens with zero attached hydrogens (tertiary/aromatic N) is 2. The van der Waals surface area contributed by atoms with Gasteiger partial charge in [0.1, 0.15) is 6.61 Å². The number of carbonyl (C=O) groups excluding carboxylic acids is 1. The van der Waals surface area contributed by atoms with Crippen LogP contribution in [0.3, 0.4) is 0 Å². The fourth-order valence-corrected chi connectivity index (χ4v) is 3.04. The summed E-state index contributed by atoms with van der Waals surface area (Å²) < 4.78 is 0. The van der Waals surface area contributed by atoms with Crippen molar-refractivity contribution in [1.82, 2.24) is 10.6 Å². The summed E-state index contributed by atoms with van der Waals surface area (Å²) in [6.45, 7) is 9.05. The predicted octanol–water partition coefficient (Wildman–Crippen LogP) is 3.41. The van der Waals surface area contributed by atoms with E-state index < -0.39 is 4.92 Å². The third-order valence-electron chi connectivity index (χ3n) is 3.45. The van der Waals surface area contributed by atoms with Crippen molar-refractivity contribution < 1.29 is 14.6 Å². The van der Waals surface area contributed by atoms with Crippen LogP contribution >= 0.6 is 11.8 Å². The molecule has 1 aromatic carbocycles. The van der Waals surface area contributed by atoms with E-state index in [0.717, 1.165) is 10.6 Å². The molecule has 9 heteroatoms. The maximum absolute atomic E-state index is 12.5. The van der Waals surface area contributed by atoms with Crippen molar-refractivity contribution >= 4 is 23.4 Å². The van der Waals surface area contributed by atoms with Crippen molar-refractivity contribution in [2.45, 2.75) is 18.7 Å². The number of nitrogens with one attached hydrogen (secondary N) is 2. The highest BCUT2D eigenvalue weighted by atomic mass is 32.2. The van der Waals surface area contributed by atoms with Crippen molar-refractivity contribution in [1.29, 1.82) is 0 Å². The van der Waals surface area contributed by atoms with Crippen LogP contribution in [0.2, 0.25) is 0 Å². The molecule has 8 nitrogen and oxygen atoms in total. The lowest BCUT2D eigenvalue weighted by Gasteiger charge is -2.10. The van der Waals surface area contributed by atoms with Crippen LogP contribution in [-0.4, -0.2) is 48.5 Å². The average Bonchev–Trinajstić information content (AvgIpc) is 2.71. The van der Waals surface area contributed by atoms with Gasteiger partial charge < -0.3 is 15.5 Å². The van der Waals surface area contributed by atoms with Crippen LogP contribution in [0.25, 0.3) is 0 Å². The molecule has 0 spiro atoms. The Morgan fingerprint density at radius 3 is 2.80 bits per heavy atom. The molecule has 1 amide bonds. The van der Waals surface area contributed by atoms with Crippen LogP contribution < -0.4 is 10.6 Å². The minimum absolute atomic E-state index is 0.0313. The molecule has 1 aromatic rings. The van der Waals surface area contributed by atoms with E-state index in [1.807, 2.05) is 32.0 Å². The van der Waals surface area contributed by atoms with E-state index >= 15 is 0 Å². The molecule has 0 atom stereocenters. The number of benzene rings is 1. The molecule has 30 heavy (non-hydrogen) atoms. The van der Waals surface area contributed by atoms with Crippen LogP contribution in [0, 0.1) is 10.1 Å². The Kier molecular flexibility index (Phi) is 12.6. The van der Waals surface area contributed by atoms with Gasteiger partial charge in [-0.15, -0.1) is 11.8 Å². The summed E-state index contributed by atoms with van der Waals surface area (Å²) in [5, 5.41) is 20.6. The standard InChI is InChI=1S/C21H28N4O4S/c1-4-8-18(25(27)28)9-7-12-22-13-14-23-21(26)19-10-5-6-11-20(19)30-16-15-29-24-17(2)3/h4-11,22H,1,12-16H2,2-3H3,(H,23,26)/b9-7-,18-8+. The van der Waals surface area contributed by atoms with E-state index in [4.69, 9.17) is 4.84 Å². The number of allylic oxidation sites excluding steroid dienone is 3. The molecule has 0 aliphatic carbocycles. The number of hydrogen-bond donors (Lipinski definition) is 2. The Bertz CT molecular complexity index is 802. The van der Waals surface area contributed by atoms with Gasteiger partial charge in [0.15, 0.2) is 0 Å². The lowest BCUT2D eigenvalue weighted by molar-refractivity contribution is -0.419. The second-order valence-electron chi connectivity index (χ2n) is 6.16. The lowest BCUT2D eigenvalue weighted by atomic mass is 10.2. The third-order valence-corrected chi connectivity index (χ3v) is 4.49. The number of hydrogen-bond acceptors (Lipinski definition) is 7. The van der Waals surface area contributed by atoms with Gasteiger partial charge in [-0.05, 0) is 26.0 Å². The van der Waals surface area contributed by atoms with Gasteiger partial charge in [0.2, 0.25) is 0 Å². The number of nitro groups is 1. The van der Waals surface area contributed by atoms with Crippen LogP contribution in [0.1, 0.15) is 24.2 Å². The van der Waals surface area contributed by atoms with Gasteiger partial charge >= 0.3 is 0 Å². The van der Waals surface area contributed by atoms with Crippen molar-refractivity contribution in [3.05, 3.63) is 76.5 Å².